The summed E-state index contributed by atoms with van der Waals surface area (Å²) in [6, 6.07) is 7.02. The molecule has 1 aromatic carbocycles. The number of hydrogen-bond acceptors (Lipinski definition) is 5. The fraction of sp³-hybridized carbons (Fsp3) is 0.450. The van der Waals surface area contributed by atoms with Crippen LogP contribution in [0.2, 0.25) is 0 Å². The number of carboxylic acid groups (broad SMARTS) is 1. The first kappa shape index (κ1) is 19.4. The monoisotopic (exact) mass is 388 g/mol. The molecule has 2 heterocycles. The van der Waals surface area contributed by atoms with Gasteiger partial charge in [-0.15, -0.1) is 11.3 Å². The number of rotatable bonds is 6. The van der Waals surface area contributed by atoms with Crippen LogP contribution in [0.3, 0.4) is 0 Å². The van der Waals surface area contributed by atoms with Gasteiger partial charge in [-0.1, -0.05) is 19.9 Å². The molecule has 7 heteroatoms. The van der Waals surface area contributed by atoms with Gasteiger partial charge in [0.1, 0.15) is 12.4 Å². The van der Waals surface area contributed by atoms with E-state index in [-0.39, 0.29) is 18.4 Å². The van der Waals surface area contributed by atoms with Crippen LogP contribution in [-0.4, -0.2) is 40.0 Å². The summed E-state index contributed by atoms with van der Waals surface area (Å²) < 4.78 is 5.76. The molecule has 0 radical (unpaired) electrons. The molecule has 1 aromatic heterocycles. The molecule has 144 valence electrons. The second-order valence-electron chi connectivity index (χ2n) is 7.27. The number of carbonyl (C=O) groups is 2. The molecule has 2 aromatic rings. The van der Waals surface area contributed by atoms with Gasteiger partial charge in [-0.3, -0.25) is 9.59 Å². The van der Waals surface area contributed by atoms with Crippen molar-refractivity contribution < 1.29 is 19.4 Å². The van der Waals surface area contributed by atoms with Crippen LogP contribution in [-0.2, 0) is 11.4 Å². The molecule has 0 saturated carbocycles. The Kier molecular flexibility index (Phi) is 5.51. The molecule has 1 N–H and O–H groups in total. The summed E-state index contributed by atoms with van der Waals surface area (Å²) in [4.78, 5) is 30.7. The van der Waals surface area contributed by atoms with Crippen molar-refractivity contribution in [2.75, 3.05) is 13.1 Å². The van der Waals surface area contributed by atoms with Crippen LogP contribution in [0, 0.1) is 18.3 Å². The molecule has 1 atom stereocenters. The zero-order valence-corrected chi connectivity index (χ0v) is 16.6. The molecule has 27 heavy (non-hydrogen) atoms. The van der Waals surface area contributed by atoms with Crippen LogP contribution in [0.15, 0.2) is 29.6 Å². The smallest absolute Gasteiger partial charge is 0.311 e. The van der Waals surface area contributed by atoms with Gasteiger partial charge in [0, 0.05) is 24.0 Å². The van der Waals surface area contributed by atoms with Crippen molar-refractivity contribution >= 4 is 23.2 Å². The predicted octanol–water partition coefficient (Wildman–Crippen LogP) is 3.60. The van der Waals surface area contributed by atoms with Crippen molar-refractivity contribution in [2.45, 2.75) is 33.8 Å². The Bertz CT molecular complexity index is 848. The Morgan fingerprint density at radius 1 is 1.41 bits per heavy atom. The third kappa shape index (κ3) is 3.98. The molecule has 1 unspecified atom stereocenters. The standard InChI is InChI=1S/C20H24N2O4S/c1-13(2)20(19(24)25)7-8-22(12-20)18(23)15-5-4-6-17(9-15)26-10-16-11-27-14(3)21-16/h4-6,9,11,13H,7-8,10,12H2,1-3H3,(H,24,25). The number of benzene rings is 1. The predicted molar refractivity (Wildman–Crippen MR) is 103 cm³/mol. The van der Waals surface area contributed by atoms with Crippen LogP contribution < -0.4 is 4.74 Å². The Morgan fingerprint density at radius 2 is 2.19 bits per heavy atom. The number of amides is 1. The summed E-state index contributed by atoms with van der Waals surface area (Å²) in [5.41, 5.74) is 0.496. The maximum atomic E-state index is 12.9. The van der Waals surface area contributed by atoms with Crippen LogP contribution in [0.1, 0.15) is 41.3 Å². The highest BCUT2D eigenvalue weighted by Gasteiger charge is 2.48. The number of thiazole rings is 1. The lowest BCUT2D eigenvalue weighted by Gasteiger charge is -2.28. The van der Waals surface area contributed by atoms with E-state index in [1.54, 1.807) is 40.5 Å². The summed E-state index contributed by atoms with van der Waals surface area (Å²) >= 11 is 1.57. The van der Waals surface area contributed by atoms with E-state index < -0.39 is 11.4 Å². The zero-order valence-electron chi connectivity index (χ0n) is 15.8. The Labute approximate surface area is 162 Å². The van der Waals surface area contributed by atoms with E-state index in [2.05, 4.69) is 4.98 Å². The van der Waals surface area contributed by atoms with E-state index in [1.807, 2.05) is 26.2 Å². The first-order valence-corrected chi connectivity index (χ1v) is 9.86. The maximum absolute atomic E-state index is 12.9. The van der Waals surface area contributed by atoms with E-state index in [9.17, 15) is 14.7 Å². The second kappa shape index (κ2) is 7.68. The molecular formula is C20H24N2O4S. The van der Waals surface area contributed by atoms with Gasteiger partial charge in [0.2, 0.25) is 0 Å². The van der Waals surface area contributed by atoms with E-state index in [0.717, 1.165) is 10.7 Å². The molecular weight excluding hydrogens is 364 g/mol. The number of aliphatic carboxylic acids is 1. The van der Waals surface area contributed by atoms with Crippen LogP contribution >= 0.6 is 11.3 Å². The zero-order chi connectivity index (χ0) is 19.6. The van der Waals surface area contributed by atoms with Gasteiger partial charge in [0.25, 0.3) is 5.91 Å². The third-order valence-electron chi connectivity index (χ3n) is 5.25. The first-order valence-electron chi connectivity index (χ1n) is 8.98. The summed E-state index contributed by atoms with van der Waals surface area (Å²) in [5.74, 6) is -0.430. The molecule has 1 saturated heterocycles. The molecule has 1 aliphatic heterocycles. The molecule has 3 rings (SSSR count). The molecule has 6 nitrogen and oxygen atoms in total. The maximum Gasteiger partial charge on any atom is 0.311 e. The third-order valence-corrected chi connectivity index (χ3v) is 6.08. The average Bonchev–Trinajstić information content (AvgIpc) is 3.27. The van der Waals surface area contributed by atoms with Crippen LogP contribution in [0.25, 0.3) is 0 Å². The Morgan fingerprint density at radius 3 is 2.78 bits per heavy atom. The molecule has 0 aliphatic carbocycles. The van der Waals surface area contributed by atoms with Crippen molar-refractivity contribution in [1.82, 2.24) is 9.88 Å². The molecule has 1 fully saturated rings. The lowest BCUT2D eigenvalue weighted by molar-refractivity contribution is -0.150. The number of aromatic nitrogens is 1. The van der Waals surface area contributed by atoms with E-state index in [4.69, 9.17) is 4.74 Å². The number of carboxylic acids is 1. The van der Waals surface area contributed by atoms with Crippen molar-refractivity contribution in [1.29, 1.82) is 0 Å². The Hall–Kier alpha value is -2.41. The topological polar surface area (TPSA) is 79.7 Å². The minimum atomic E-state index is -0.869. The van der Waals surface area contributed by atoms with Crippen molar-refractivity contribution in [3.05, 3.63) is 45.9 Å². The number of nitrogens with zero attached hydrogens (tertiary/aromatic N) is 2. The normalized spacial score (nSPS) is 19.5. The minimum Gasteiger partial charge on any atom is -0.487 e. The number of carbonyl (C=O) groups excluding carboxylic acids is 1. The van der Waals surface area contributed by atoms with Crippen LogP contribution in [0.5, 0.6) is 5.75 Å². The summed E-state index contributed by atoms with van der Waals surface area (Å²) in [7, 11) is 0. The number of hydrogen-bond donors (Lipinski definition) is 1. The Balaban J connectivity index is 1.69. The summed E-state index contributed by atoms with van der Waals surface area (Å²) in [5, 5.41) is 12.6. The van der Waals surface area contributed by atoms with Gasteiger partial charge >= 0.3 is 5.97 Å². The lowest BCUT2D eigenvalue weighted by atomic mass is 9.76. The van der Waals surface area contributed by atoms with Gasteiger partial charge < -0.3 is 14.7 Å². The van der Waals surface area contributed by atoms with E-state index >= 15 is 0 Å². The molecule has 0 spiro atoms. The number of ether oxygens (including phenoxy) is 1. The number of aryl methyl sites for hydroxylation is 1. The average molecular weight is 388 g/mol. The fourth-order valence-electron chi connectivity index (χ4n) is 3.43. The SMILES string of the molecule is Cc1nc(COc2cccc(C(=O)N3CCC(C(=O)O)(C(C)C)C3)c2)cs1. The van der Waals surface area contributed by atoms with E-state index in [1.165, 1.54) is 0 Å². The molecule has 0 bridgehead atoms. The van der Waals surface area contributed by atoms with Crippen molar-refractivity contribution in [3.8, 4) is 5.75 Å². The highest BCUT2D eigenvalue weighted by Crippen LogP contribution is 2.38. The van der Waals surface area contributed by atoms with Gasteiger partial charge in [-0.25, -0.2) is 4.98 Å². The van der Waals surface area contributed by atoms with Gasteiger partial charge in [0.15, 0.2) is 0 Å². The van der Waals surface area contributed by atoms with E-state index in [0.29, 0.717) is 30.9 Å². The van der Waals surface area contributed by atoms with Crippen molar-refractivity contribution in [2.24, 2.45) is 11.3 Å². The second-order valence-corrected chi connectivity index (χ2v) is 8.33. The number of likely N-dealkylation sites (tertiary alicyclic amines) is 1. The summed E-state index contributed by atoms with van der Waals surface area (Å²) in [6.07, 6.45) is 0.477. The molecule has 1 aliphatic rings. The van der Waals surface area contributed by atoms with Gasteiger partial charge in [-0.05, 0) is 37.5 Å². The summed E-state index contributed by atoms with van der Waals surface area (Å²) in [6.45, 7) is 6.78. The first-order chi connectivity index (χ1) is 12.8. The largest absolute Gasteiger partial charge is 0.487 e. The highest BCUT2D eigenvalue weighted by atomic mass is 32.1. The highest BCUT2D eigenvalue weighted by molar-refractivity contribution is 7.09. The van der Waals surface area contributed by atoms with Gasteiger partial charge in [-0.2, -0.15) is 0 Å². The quantitative estimate of drug-likeness (QED) is 0.818. The van der Waals surface area contributed by atoms with Crippen molar-refractivity contribution in [3.63, 3.8) is 0 Å². The molecule has 1 amide bonds. The minimum absolute atomic E-state index is 0.0379. The fourth-order valence-corrected chi connectivity index (χ4v) is 4.03. The lowest BCUT2D eigenvalue weighted by Crippen LogP contribution is -2.40. The van der Waals surface area contributed by atoms with Gasteiger partial charge in [0.05, 0.1) is 16.1 Å². The van der Waals surface area contributed by atoms with Crippen LogP contribution in [0.4, 0.5) is 0 Å².